The van der Waals surface area contributed by atoms with Crippen molar-refractivity contribution in [2.24, 2.45) is 5.73 Å². The number of hydrogen-bond acceptors (Lipinski definition) is 3. The minimum atomic E-state index is -0.0139. The summed E-state index contributed by atoms with van der Waals surface area (Å²) >= 11 is 0. The topological polar surface area (TPSA) is 68.3 Å². The number of amidine groups is 1. The van der Waals surface area contributed by atoms with E-state index in [0.717, 1.165) is 6.42 Å². The summed E-state index contributed by atoms with van der Waals surface area (Å²) in [5, 5.41) is 7.43. The lowest BCUT2D eigenvalue weighted by Crippen LogP contribution is -2.13. The van der Waals surface area contributed by atoms with Crippen molar-refractivity contribution in [1.82, 2.24) is 0 Å². The fraction of sp³-hybridized carbons (Fsp3) is 0.364. The molecule has 1 rings (SSSR count). The highest BCUT2D eigenvalue weighted by molar-refractivity contribution is 5.98. The highest BCUT2D eigenvalue weighted by atomic mass is 35.5. The second kappa shape index (κ2) is 6.95. The summed E-state index contributed by atoms with van der Waals surface area (Å²) in [6.45, 7) is 2.64. The SMILES string of the molecule is CCCOc1ccc(OC)cc1C(=N)N.Cl. The molecular weight excluding hydrogens is 228 g/mol. The van der Waals surface area contributed by atoms with Gasteiger partial charge < -0.3 is 15.2 Å². The highest BCUT2D eigenvalue weighted by Crippen LogP contribution is 2.23. The molecule has 0 heterocycles. The van der Waals surface area contributed by atoms with Crippen molar-refractivity contribution in [1.29, 1.82) is 5.41 Å². The third-order valence-electron chi connectivity index (χ3n) is 1.94. The molecule has 0 amide bonds. The fourth-order valence-corrected chi connectivity index (χ4v) is 1.18. The quantitative estimate of drug-likeness (QED) is 0.616. The fourth-order valence-electron chi connectivity index (χ4n) is 1.18. The molecule has 0 unspecified atom stereocenters. The largest absolute Gasteiger partial charge is 0.497 e. The van der Waals surface area contributed by atoms with E-state index in [2.05, 4.69) is 0 Å². The molecule has 5 heteroatoms. The Hall–Kier alpha value is -1.42. The van der Waals surface area contributed by atoms with Crippen molar-refractivity contribution >= 4 is 18.2 Å². The molecule has 0 saturated heterocycles. The molecule has 0 radical (unpaired) electrons. The summed E-state index contributed by atoms with van der Waals surface area (Å²) in [6.07, 6.45) is 0.920. The Morgan fingerprint density at radius 3 is 2.62 bits per heavy atom. The first-order valence-electron chi connectivity index (χ1n) is 4.84. The molecule has 1 aromatic carbocycles. The molecule has 0 fully saturated rings. The van der Waals surface area contributed by atoms with Crippen molar-refractivity contribution in [2.45, 2.75) is 13.3 Å². The summed E-state index contributed by atoms with van der Waals surface area (Å²) in [5.74, 6) is 1.29. The van der Waals surface area contributed by atoms with E-state index in [1.165, 1.54) is 0 Å². The molecule has 4 nitrogen and oxygen atoms in total. The van der Waals surface area contributed by atoms with Gasteiger partial charge in [-0.3, -0.25) is 5.41 Å². The third kappa shape index (κ3) is 3.62. The van der Waals surface area contributed by atoms with Crippen LogP contribution in [-0.4, -0.2) is 19.6 Å². The van der Waals surface area contributed by atoms with Crippen molar-refractivity contribution in [3.05, 3.63) is 23.8 Å². The zero-order valence-corrected chi connectivity index (χ0v) is 10.3. The van der Waals surface area contributed by atoms with E-state index in [1.807, 2.05) is 6.92 Å². The minimum Gasteiger partial charge on any atom is -0.497 e. The van der Waals surface area contributed by atoms with Crippen LogP contribution in [0, 0.1) is 5.41 Å². The van der Waals surface area contributed by atoms with Crippen LogP contribution in [0.5, 0.6) is 11.5 Å². The van der Waals surface area contributed by atoms with Gasteiger partial charge >= 0.3 is 0 Å². The van der Waals surface area contributed by atoms with Crippen LogP contribution in [0.15, 0.2) is 18.2 Å². The van der Waals surface area contributed by atoms with Crippen LogP contribution in [-0.2, 0) is 0 Å². The summed E-state index contributed by atoms with van der Waals surface area (Å²) in [7, 11) is 1.58. The molecule has 0 bridgehead atoms. The predicted octanol–water partition coefficient (Wildman–Crippen LogP) is 2.19. The molecule has 16 heavy (non-hydrogen) atoms. The third-order valence-corrected chi connectivity index (χ3v) is 1.94. The molecule has 1 aromatic rings. The van der Waals surface area contributed by atoms with E-state index in [4.69, 9.17) is 20.6 Å². The van der Waals surface area contributed by atoms with E-state index >= 15 is 0 Å². The number of hydrogen-bond donors (Lipinski definition) is 2. The predicted molar refractivity (Wildman–Crippen MR) is 67.0 cm³/mol. The lowest BCUT2D eigenvalue weighted by atomic mass is 10.1. The van der Waals surface area contributed by atoms with E-state index in [0.29, 0.717) is 23.7 Å². The van der Waals surface area contributed by atoms with Crippen molar-refractivity contribution in [3.63, 3.8) is 0 Å². The molecule has 0 aliphatic rings. The van der Waals surface area contributed by atoms with Gasteiger partial charge in [-0.1, -0.05) is 6.92 Å². The average molecular weight is 245 g/mol. The van der Waals surface area contributed by atoms with Gasteiger partial charge in [0.25, 0.3) is 0 Å². The first kappa shape index (κ1) is 14.6. The zero-order chi connectivity index (χ0) is 11.3. The van der Waals surface area contributed by atoms with Crippen LogP contribution in [0.4, 0.5) is 0 Å². The van der Waals surface area contributed by atoms with Crippen molar-refractivity contribution in [3.8, 4) is 11.5 Å². The molecule has 3 N–H and O–H groups in total. The maximum Gasteiger partial charge on any atom is 0.130 e. The number of ether oxygens (including phenoxy) is 2. The van der Waals surface area contributed by atoms with Crippen LogP contribution in [0.1, 0.15) is 18.9 Å². The van der Waals surface area contributed by atoms with E-state index in [1.54, 1.807) is 25.3 Å². The van der Waals surface area contributed by atoms with Crippen LogP contribution in [0.3, 0.4) is 0 Å². The lowest BCUT2D eigenvalue weighted by molar-refractivity contribution is 0.316. The maximum atomic E-state index is 7.43. The lowest BCUT2D eigenvalue weighted by Gasteiger charge is -2.11. The zero-order valence-electron chi connectivity index (χ0n) is 9.45. The summed E-state index contributed by atoms with van der Waals surface area (Å²) in [6, 6.07) is 5.26. The van der Waals surface area contributed by atoms with Gasteiger partial charge in [-0.15, -0.1) is 12.4 Å². The van der Waals surface area contributed by atoms with Crippen LogP contribution < -0.4 is 15.2 Å². The van der Waals surface area contributed by atoms with Crippen LogP contribution >= 0.6 is 12.4 Å². The first-order valence-corrected chi connectivity index (χ1v) is 4.84. The van der Waals surface area contributed by atoms with E-state index in [-0.39, 0.29) is 18.2 Å². The van der Waals surface area contributed by atoms with Gasteiger partial charge in [-0.2, -0.15) is 0 Å². The normalized spacial score (nSPS) is 9.12. The number of methoxy groups -OCH3 is 1. The van der Waals surface area contributed by atoms with E-state index in [9.17, 15) is 0 Å². The van der Waals surface area contributed by atoms with Gasteiger partial charge in [0.2, 0.25) is 0 Å². The Morgan fingerprint density at radius 2 is 2.12 bits per heavy atom. The van der Waals surface area contributed by atoms with Gasteiger partial charge in [0, 0.05) is 0 Å². The van der Waals surface area contributed by atoms with Gasteiger partial charge in [-0.05, 0) is 24.6 Å². The first-order chi connectivity index (χ1) is 7.19. The van der Waals surface area contributed by atoms with Gasteiger partial charge in [0.15, 0.2) is 0 Å². The Kier molecular flexibility index (Phi) is 6.34. The van der Waals surface area contributed by atoms with Gasteiger partial charge in [0.05, 0.1) is 19.3 Å². The molecule has 0 aliphatic carbocycles. The van der Waals surface area contributed by atoms with Gasteiger partial charge in [-0.25, -0.2) is 0 Å². The molecule has 0 spiro atoms. The summed E-state index contributed by atoms with van der Waals surface area (Å²) < 4.78 is 10.5. The number of nitrogen functional groups attached to an aromatic ring is 1. The second-order valence-corrected chi connectivity index (χ2v) is 3.12. The number of halogens is 1. The number of nitrogens with one attached hydrogen (secondary N) is 1. The Bertz CT molecular complexity index is 356. The standard InChI is InChI=1S/C11H16N2O2.ClH/c1-3-6-15-10-5-4-8(14-2)7-9(10)11(12)13;/h4-5,7H,3,6H2,1-2H3,(H3,12,13);1H. The van der Waals surface area contributed by atoms with Gasteiger partial charge in [0.1, 0.15) is 17.3 Å². The number of benzene rings is 1. The van der Waals surface area contributed by atoms with Crippen molar-refractivity contribution < 1.29 is 9.47 Å². The molecule has 0 saturated carbocycles. The average Bonchev–Trinajstić information content (AvgIpc) is 2.26. The Labute approximate surface area is 102 Å². The monoisotopic (exact) mass is 244 g/mol. The summed E-state index contributed by atoms with van der Waals surface area (Å²) in [4.78, 5) is 0. The molecular formula is C11H17ClN2O2. The Morgan fingerprint density at radius 1 is 1.44 bits per heavy atom. The minimum absolute atomic E-state index is 0. The molecule has 0 aromatic heterocycles. The van der Waals surface area contributed by atoms with E-state index < -0.39 is 0 Å². The van der Waals surface area contributed by atoms with Crippen LogP contribution in [0.25, 0.3) is 0 Å². The smallest absolute Gasteiger partial charge is 0.130 e. The number of nitrogens with two attached hydrogens (primary N) is 1. The molecule has 0 aliphatic heterocycles. The maximum absolute atomic E-state index is 7.43. The molecule has 0 atom stereocenters. The van der Waals surface area contributed by atoms with Crippen LogP contribution in [0.2, 0.25) is 0 Å². The number of rotatable bonds is 5. The summed E-state index contributed by atoms with van der Waals surface area (Å²) in [5.41, 5.74) is 6.03. The molecule has 90 valence electrons. The highest BCUT2D eigenvalue weighted by Gasteiger charge is 2.07. The second-order valence-electron chi connectivity index (χ2n) is 3.12. The Balaban J connectivity index is 0.00000225. The van der Waals surface area contributed by atoms with Crippen molar-refractivity contribution in [2.75, 3.05) is 13.7 Å².